The molecule has 2 rings (SSSR count). The van der Waals surface area contributed by atoms with E-state index in [-0.39, 0.29) is 11.6 Å². The molecule has 20 heavy (non-hydrogen) atoms. The van der Waals surface area contributed by atoms with Gasteiger partial charge in [-0.25, -0.2) is 4.39 Å². The van der Waals surface area contributed by atoms with E-state index in [9.17, 15) is 9.18 Å². The van der Waals surface area contributed by atoms with Gasteiger partial charge in [0.25, 0.3) is 0 Å². The highest BCUT2D eigenvalue weighted by molar-refractivity contribution is 9.10. The Labute approximate surface area is 130 Å². The number of Topliss-reactive ketones (excluding diaryl/α,β-unsaturated/α-hetero) is 1. The molecule has 0 fully saturated rings. The summed E-state index contributed by atoms with van der Waals surface area (Å²) in [6, 6.07) is 12.4. The van der Waals surface area contributed by atoms with Gasteiger partial charge >= 0.3 is 0 Å². The van der Waals surface area contributed by atoms with E-state index in [1.165, 1.54) is 23.9 Å². The standard InChI is InChI=1S/C16H14BrFOS/c1-11-8-14(18)5-2-12(11)9-15(19)10-20-16-6-3-13(17)4-7-16/h2-8H,9-10H2,1H3. The Morgan fingerprint density at radius 3 is 2.55 bits per heavy atom. The molecule has 0 aliphatic rings. The third-order valence-corrected chi connectivity index (χ3v) is 4.51. The minimum atomic E-state index is -0.261. The number of hydrogen-bond donors (Lipinski definition) is 0. The van der Waals surface area contributed by atoms with E-state index in [2.05, 4.69) is 15.9 Å². The minimum Gasteiger partial charge on any atom is -0.298 e. The van der Waals surface area contributed by atoms with Crippen LogP contribution >= 0.6 is 27.7 Å². The Balaban J connectivity index is 1.90. The zero-order valence-corrected chi connectivity index (χ0v) is 13.4. The molecule has 0 atom stereocenters. The zero-order chi connectivity index (χ0) is 14.5. The molecule has 0 amide bonds. The molecule has 0 N–H and O–H groups in total. The van der Waals surface area contributed by atoms with Crippen molar-refractivity contribution in [2.75, 3.05) is 5.75 Å². The molecule has 0 aliphatic heterocycles. The second-order valence-electron chi connectivity index (χ2n) is 4.53. The van der Waals surface area contributed by atoms with Crippen molar-refractivity contribution in [1.29, 1.82) is 0 Å². The first-order valence-electron chi connectivity index (χ1n) is 6.19. The Kier molecular flexibility index (Phi) is 5.38. The van der Waals surface area contributed by atoms with E-state index in [0.717, 1.165) is 20.5 Å². The highest BCUT2D eigenvalue weighted by Crippen LogP contribution is 2.21. The Morgan fingerprint density at radius 1 is 1.20 bits per heavy atom. The van der Waals surface area contributed by atoms with Crippen LogP contribution in [0.2, 0.25) is 0 Å². The molecule has 0 bridgehead atoms. The van der Waals surface area contributed by atoms with Crippen LogP contribution in [-0.2, 0) is 11.2 Å². The number of aryl methyl sites for hydroxylation is 1. The van der Waals surface area contributed by atoms with E-state index >= 15 is 0 Å². The summed E-state index contributed by atoms with van der Waals surface area (Å²) in [5.41, 5.74) is 1.72. The Morgan fingerprint density at radius 2 is 1.90 bits per heavy atom. The molecule has 0 spiro atoms. The van der Waals surface area contributed by atoms with Crippen LogP contribution < -0.4 is 0 Å². The molecule has 0 unspecified atom stereocenters. The van der Waals surface area contributed by atoms with Gasteiger partial charge in [0, 0.05) is 15.8 Å². The maximum Gasteiger partial charge on any atom is 0.147 e. The molecule has 2 aromatic rings. The SMILES string of the molecule is Cc1cc(F)ccc1CC(=O)CSc1ccc(Br)cc1. The molecule has 1 nitrogen and oxygen atoms in total. The largest absolute Gasteiger partial charge is 0.298 e. The van der Waals surface area contributed by atoms with Crippen molar-refractivity contribution in [2.45, 2.75) is 18.2 Å². The molecule has 0 saturated heterocycles. The van der Waals surface area contributed by atoms with Crippen LogP contribution in [0.4, 0.5) is 4.39 Å². The summed E-state index contributed by atoms with van der Waals surface area (Å²) in [6.07, 6.45) is 0.357. The zero-order valence-electron chi connectivity index (χ0n) is 11.0. The van der Waals surface area contributed by atoms with Crippen molar-refractivity contribution in [3.8, 4) is 0 Å². The first-order chi connectivity index (χ1) is 9.54. The normalized spacial score (nSPS) is 10.6. The number of rotatable bonds is 5. The van der Waals surface area contributed by atoms with Gasteiger partial charge in [0.15, 0.2) is 0 Å². The number of benzene rings is 2. The highest BCUT2D eigenvalue weighted by Gasteiger charge is 2.08. The van der Waals surface area contributed by atoms with Crippen molar-refractivity contribution in [3.05, 3.63) is 63.9 Å². The van der Waals surface area contributed by atoms with Gasteiger partial charge in [-0.1, -0.05) is 22.0 Å². The molecule has 0 aromatic heterocycles. The maximum absolute atomic E-state index is 13.0. The van der Waals surface area contributed by atoms with Crippen LogP contribution in [0.5, 0.6) is 0 Å². The lowest BCUT2D eigenvalue weighted by Gasteiger charge is -2.05. The predicted octanol–water partition coefficient (Wildman–Crippen LogP) is 4.80. The topological polar surface area (TPSA) is 17.1 Å². The van der Waals surface area contributed by atoms with Crippen LogP contribution in [0, 0.1) is 12.7 Å². The molecule has 0 radical (unpaired) electrons. The van der Waals surface area contributed by atoms with E-state index in [4.69, 9.17) is 0 Å². The number of halogens is 2. The second-order valence-corrected chi connectivity index (χ2v) is 6.49. The molecule has 0 heterocycles. The lowest BCUT2D eigenvalue weighted by molar-refractivity contribution is -0.116. The van der Waals surface area contributed by atoms with Crippen LogP contribution in [0.1, 0.15) is 11.1 Å². The summed E-state index contributed by atoms with van der Waals surface area (Å²) in [6.45, 7) is 1.83. The number of ketones is 1. The Hall–Kier alpha value is -1.13. The first kappa shape index (κ1) is 15.3. The van der Waals surface area contributed by atoms with Crippen molar-refractivity contribution in [1.82, 2.24) is 0 Å². The van der Waals surface area contributed by atoms with Crippen LogP contribution in [-0.4, -0.2) is 11.5 Å². The van der Waals surface area contributed by atoms with Crippen LogP contribution in [0.3, 0.4) is 0 Å². The van der Waals surface area contributed by atoms with Crippen LogP contribution in [0.15, 0.2) is 51.8 Å². The summed E-state index contributed by atoms with van der Waals surface area (Å²) in [5, 5.41) is 0. The van der Waals surface area contributed by atoms with Crippen molar-refractivity contribution in [2.24, 2.45) is 0 Å². The van der Waals surface area contributed by atoms with Gasteiger partial charge in [-0.3, -0.25) is 4.79 Å². The number of hydrogen-bond acceptors (Lipinski definition) is 2. The third-order valence-electron chi connectivity index (χ3n) is 2.91. The van der Waals surface area contributed by atoms with Gasteiger partial charge in [-0.15, -0.1) is 11.8 Å². The summed E-state index contributed by atoms with van der Waals surface area (Å²) in [7, 11) is 0. The fourth-order valence-corrected chi connectivity index (χ4v) is 2.84. The predicted molar refractivity (Wildman–Crippen MR) is 84.7 cm³/mol. The van der Waals surface area contributed by atoms with Crippen LogP contribution in [0.25, 0.3) is 0 Å². The van der Waals surface area contributed by atoms with E-state index in [0.29, 0.717) is 12.2 Å². The first-order valence-corrected chi connectivity index (χ1v) is 7.97. The van der Waals surface area contributed by atoms with Gasteiger partial charge in [0.2, 0.25) is 0 Å². The lowest BCUT2D eigenvalue weighted by Crippen LogP contribution is -2.07. The van der Waals surface area contributed by atoms with Crippen molar-refractivity contribution < 1.29 is 9.18 Å². The molecule has 0 aliphatic carbocycles. The highest BCUT2D eigenvalue weighted by atomic mass is 79.9. The fraction of sp³-hybridized carbons (Fsp3) is 0.188. The average Bonchev–Trinajstić information content (AvgIpc) is 2.41. The smallest absolute Gasteiger partial charge is 0.147 e. The molecule has 2 aromatic carbocycles. The van der Waals surface area contributed by atoms with Gasteiger partial charge in [-0.05, 0) is 54.4 Å². The molecule has 104 valence electrons. The van der Waals surface area contributed by atoms with E-state index < -0.39 is 0 Å². The van der Waals surface area contributed by atoms with Gasteiger partial charge in [-0.2, -0.15) is 0 Å². The minimum absolute atomic E-state index is 0.146. The molecule has 0 saturated carbocycles. The summed E-state index contributed by atoms with van der Waals surface area (Å²) < 4.78 is 14.0. The van der Waals surface area contributed by atoms with E-state index in [1.807, 2.05) is 31.2 Å². The summed E-state index contributed by atoms with van der Waals surface area (Å²) in [5.74, 6) is 0.314. The number of carbonyl (C=O) groups excluding carboxylic acids is 1. The van der Waals surface area contributed by atoms with Crippen molar-refractivity contribution >= 4 is 33.5 Å². The summed E-state index contributed by atoms with van der Waals surface area (Å²) in [4.78, 5) is 13.0. The quantitative estimate of drug-likeness (QED) is 0.719. The average molecular weight is 353 g/mol. The maximum atomic E-state index is 13.0. The van der Waals surface area contributed by atoms with Gasteiger partial charge < -0.3 is 0 Å². The third kappa shape index (κ3) is 4.46. The number of carbonyl (C=O) groups is 1. The van der Waals surface area contributed by atoms with Gasteiger partial charge in [0.05, 0.1) is 5.75 Å². The molecule has 4 heteroatoms. The molecular formula is C16H14BrFOS. The van der Waals surface area contributed by atoms with E-state index in [1.54, 1.807) is 6.07 Å². The second kappa shape index (κ2) is 7.04. The lowest BCUT2D eigenvalue weighted by atomic mass is 10.0. The Bertz CT molecular complexity index is 610. The van der Waals surface area contributed by atoms with Crippen molar-refractivity contribution in [3.63, 3.8) is 0 Å². The number of thioether (sulfide) groups is 1. The fourth-order valence-electron chi connectivity index (χ4n) is 1.82. The van der Waals surface area contributed by atoms with Gasteiger partial charge in [0.1, 0.15) is 11.6 Å². The summed E-state index contributed by atoms with van der Waals surface area (Å²) >= 11 is 4.90. The molecular weight excluding hydrogens is 339 g/mol. The monoisotopic (exact) mass is 352 g/mol.